The third-order valence-electron chi connectivity index (χ3n) is 5.49. The number of hydrazone groups is 2. The number of benzene rings is 4. The van der Waals surface area contributed by atoms with E-state index in [-0.39, 0.29) is 23.3 Å². The van der Waals surface area contributed by atoms with Crippen LogP contribution in [0.3, 0.4) is 0 Å². The number of ether oxygens (including phenoxy) is 2. The van der Waals surface area contributed by atoms with Gasteiger partial charge in [0.05, 0.1) is 12.4 Å². The SMILES string of the molecule is O=C(/C=C\C(=O)Oc1ccc(/C=N\NC(=O)c2cccc(Br)c2)cc1)Oc1ccc(/C=N\NC(=O)c2cccc(Br)c2)cc1. The van der Waals surface area contributed by atoms with Gasteiger partial charge in [0, 0.05) is 32.2 Å². The molecule has 4 aromatic rings. The molecule has 0 heterocycles. The van der Waals surface area contributed by atoms with Gasteiger partial charge >= 0.3 is 11.9 Å². The van der Waals surface area contributed by atoms with Crippen LogP contribution in [0.5, 0.6) is 11.5 Å². The van der Waals surface area contributed by atoms with Gasteiger partial charge in [-0.1, -0.05) is 44.0 Å². The maximum atomic E-state index is 12.1. The Morgan fingerprint density at radius 2 is 0.955 bits per heavy atom. The summed E-state index contributed by atoms with van der Waals surface area (Å²) in [6, 6.07) is 26.5. The summed E-state index contributed by atoms with van der Waals surface area (Å²) in [6.45, 7) is 0. The lowest BCUT2D eigenvalue weighted by Gasteiger charge is -2.03. The smallest absolute Gasteiger partial charge is 0.336 e. The second kappa shape index (κ2) is 15.9. The predicted octanol–water partition coefficient (Wildman–Crippen LogP) is 5.81. The Kier molecular flexibility index (Phi) is 11.4. The van der Waals surface area contributed by atoms with Crippen LogP contribution in [-0.4, -0.2) is 36.2 Å². The van der Waals surface area contributed by atoms with E-state index in [0.29, 0.717) is 22.3 Å². The fourth-order valence-corrected chi connectivity index (χ4v) is 4.20. The number of nitrogens with zero attached hydrogens (tertiary/aromatic N) is 2. The number of esters is 2. The first-order valence-corrected chi connectivity index (χ1v) is 14.3. The third kappa shape index (κ3) is 10.3. The molecule has 0 radical (unpaired) electrons. The van der Waals surface area contributed by atoms with Gasteiger partial charge in [-0.3, -0.25) is 9.59 Å². The second-order valence-electron chi connectivity index (χ2n) is 8.73. The van der Waals surface area contributed by atoms with E-state index in [1.54, 1.807) is 84.9 Å². The molecule has 0 saturated heterocycles. The molecule has 0 aromatic heterocycles. The zero-order valence-electron chi connectivity index (χ0n) is 22.6. The second-order valence-corrected chi connectivity index (χ2v) is 10.6. The van der Waals surface area contributed by atoms with Crippen molar-refractivity contribution in [3.63, 3.8) is 0 Å². The van der Waals surface area contributed by atoms with Crippen molar-refractivity contribution in [3.05, 3.63) is 140 Å². The van der Waals surface area contributed by atoms with Crippen LogP contribution < -0.4 is 20.3 Å². The van der Waals surface area contributed by atoms with Gasteiger partial charge in [0.2, 0.25) is 0 Å². The van der Waals surface area contributed by atoms with Crippen LogP contribution >= 0.6 is 31.9 Å². The van der Waals surface area contributed by atoms with E-state index < -0.39 is 11.9 Å². The predicted molar refractivity (Wildman–Crippen MR) is 172 cm³/mol. The van der Waals surface area contributed by atoms with E-state index in [2.05, 4.69) is 52.9 Å². The molecule has 0 aliphatic rings. The highest BCUT2D eigenvalue weighted by molar-refractivity contribution is 9.10. The molecule has 0 saturated carbocycles. The van der Waals surface area contributed by atoms with Crippen molar-refractivity contribution in [2.75, 3.05) is 0 Å². The summed E-state index contributed by atoms with van der Waals surface area (Å²) in [5, 5.41) is 7.85. The van der Waals surface area contributed by atoms with Gasteiger partial charge in [-0.2, -0.15) is 10.2 Å². The Bertz CT molecular complexity index is 1620. The Balaban J connectivity index is 1.19. The molecule has 2 N–H and O–H groups in total. The van der Waals surface area contributed by atoms with Gasteiger partial charge in [-0.25, -0.2) is 20.4 Å². The lowest BCUT2D eigenvalue weighted by Crippen LogP contribution is -2.17. The number of nitrogens with one attached hydrogen (secondary N) is 2. The van der Waals surface area contributed by atoms with Gasteiger partial charge in [-0.15, -0.1) is 0 Å². The fraction of sp³-hybridized carbons (Fsp3) is 0. The first-order valence-electron chi connectivity index (χ1n) is 12.7. The van der Waals surface area contributed by atoms with E-state index in [1.165, 1.54) is 12.4 Å². The number of halogens is 2. The molecule has 2 amide bonds. The summed E-state index contributed by atoms with van der Waals surface area (Å²) in [6.07, 6.45) is 4.79. The lowest BCUT2D eigenvalue weighted by molar-refractivity contribution is -0.131. The normalized spacial score (nSPS) is 11.0. The Labute approximate surface area is 268 Å². The maximum Gasteiger partial charge on any atom is 0.336 e. The largest absolute Gasteiger partial charge is 0.423 e. The lowest BCUT2D eigenvalue weighted by atomic mass is 10.2. The van der Waals surface area contributed by atoms with E-state index >= 15 is 0 Å². The quantitative estimate of drug-likeness (QED) is 0.0700. The molecule has 4 rings (SSSR count). The number of hydrogen-bond acceptors (Lipinski definition) is 8. The number of carbonyl (C=O) groups excluding carboxylic acids is 4. The van der Waals surface area contributed by atoms with E-state index in [9.17, 15) is 19.2 Å². The molecule has 0 spiro atoms. The highest BCUT2D eigenvalue weighted by atomic mass is 79.9. The van der Waals surface area contributed by atoms with E-state index in [1.807, 2.05) is 12.1 Å². The topological polar surface area (TPSA) is 136 Å². The van der Waals surface area contributed by atoms with Crippen LogP contribution in [0.1, 0.15) is 31.8 Å². The van der Waals surface area contributed by atoms with Gasteiger partial charge in [0.25, 0.3) is 11.8 Å². The van der Waals surface area contributed by atoms with Crippen LogP contribution in [0.4, 0.5) is 0 Å². The minimum absolute atomic E-state index is 0.244. The molecule has 0 aliphatic carbocycles. The molecule has 12 heteroatoms. The first kappa shape index (κ1) is 31.7. The van der Waals surface area contributed by atoms with Crippen molar-refractivity contribution < 1.29 is 28.7 Å². The van der Waals surface area contributed by atoms with Gasteiger partial charge < -0.3 is 9.47 Å². The molecule has 0 fully saturated rings. The molecule has 0 atom stereocenters. The van der Waals surface area contributed by atoms with Crippen molar-refractivity contribution in [1.82, 2.24) is 10.9 Å². The van der Waals surface area contributed by atoms with Crippen LogP contribution in [0, 0.1) is 0 Å². The van der Waals surface area contributed by atoms with Gasteiger partial charge in [-0.05, 0) is 96.1 Å². The Morgan fingerprint density at radius 1 is 0.568 bits per heavy atom. The number of carbonyl (C=O) groups is 4. The molecule has 220 valence electrons. The van der Waals surface area contributed by atoms with Crippen molar-refractivity contribution in [2.45, 2.75) is 0 Å². The first-order chi connectivity index (χ1) is 21.2. The van der Waals surface area contributed by atoms with Crippen molar-refractivity contribution >= 4 is 68.0 Å². The average Bonchev–Trinajstić information content (AvgIpc) is 3.01. The molecule has 10 nitrogen and oxygen atoms in total. The standard InChI is InChI=1S/C32H22Br2N4O6/c33-25-5-1-3-23(17-25)31(41)37-35-19-21-7-11-27(12-8-21)43-29(39)15-16-30(40)44-28-13-9-22(10-14-28)20-36-38-32(42)24-4-2-6-26(34)18-24/h1-20H,(H,37,41)(H,38,42)/b16-15-,35-19-,36-20-. The minimum Gasteiger partial charge on any atom is -0.423 e. The van der Waals surface area contributed by atoms with E-state index in [4.69, 9.17) is 9.47 Å². The third-order valence-corrected chi connectivity index (χ3v) is 6.47. The molecule has 0 bridgehead atoms. The molecular formula is C32H22Br2N4O6. The summed E-state index contributed by atoms with van der Waals surface area (Å²) >= 11 is 6.62. The average molecular weight is 718 g/mol. The van der Waals surface area contributed by atoms with Crippen LogP contribution in [0.15, 0.2) is 128 Å². The zero-order chi connectivity index (χ0) is 31.3. The van der Waals surface area contributed by atoms with Crippen molar-refractivity contribution in [1.29, 1.82) is 0 Å². The fourth-order valence-electron chi connectivity index (χ4n) is 3.40. The number of rotatable bonds is 10. The highest BCUT2D eigenvalue weighted by Crippen LogP contribution is 2.15. The molecule has 0 aliphatic heterocycles. The summed E-state index contributed by atoms with van der Waals surface area (Å²) in [7, 11) is 0. The Morgan fingerprint density at radius 3 is 1.32 bits per heavy atom. The zero-order valence-corrected chi connectivity index (χ0v) is 25.8. The summed E-state index contributed by atoms with van der Waals surface area (Å²) < 4.78 is 11.9. The minimum atomic E-state index is -0.777. The monoisotopic (exact) mass is 716 g/mol. The van der Waals surface area contributed by atoms with Crippen LogP contribution in [0.2, 0.25) is 0 Å². The molecule has 0 unspecified atom stereocenters. The summed E-state index contributed by atoms with van der Waals surface area (Å²) in [4.78, 5) is 48.5. The Hall–Kier alpha value is -5.20. The van der Waals surface area contributed by atoms with Crippen LogP contribution in [0.25, 0.3) is 0 Å². The molecular weight excluding hydrogens is 696 g/mol. The van der Waals surface area contributed by atoms with Crippen molar-refractivity contribution in [3.8, 4) is 11.5 Å². The summed E-state index contributed by atoms with van der Waals surface area (Å²) in [5.41, 5.74) is 7.09. The molecule has 4 aromatic carbocycles. The summed E-state index contributed by atoms with van der Waals surface area (Å²) in [5.74, 6) is -1.79. The number of amides is 2. The van der Waals surface area contributed by atoms with Crippen molar-refractivity contribution in [2.24, 2.45) is 10.2 Å². The maximum absolute atomic E-state index is 12.1. The number of hydrogen-bond donors (Lipinski definition) is 2. The van der Waals surface area contributed by atoms with Gasteiger partial charge in [0.1, 0.15) is 11.5 Å². The highest BCUT2D eigenvalue weighted by Gasteiger charge is 2.07. The molecule has 44 heavy (non-hydrogen) atoms. The van der Waals surface area contributed by atoms with Crippen LogP contribution in [-0.2, 0) is 9.59 Å². The van der Waals surface area contributed by atoms with Gasteiger partial charge in [0.15, 0.2) is 0 Å². The van der Waals surface area contributed by atoms with E-state index in [0.717, 1.165) is 21.1 Å².